The maximum atomic E-state index is 11.9. The Labute approximate surface area is 175 Å². The zero-order valence-electron chi connectivity index (χ0n) is 18.6. The fourth-order valence-electron chi connectivity index (χ4n) is 3.23. The van der Waals surface area contributed by atoms with Crippen molar-refractivity contribution in [3.63, 3.8) is 0 Å². The lowest BCUT2D eigenvalue weighted by Gasteiger charge is -2.28. The number of carbonyl (C=O) groups excluding carboxylic acids is 1. The molecule has 0 radical (unpaired) electrons. The van der Waals surface area contributed by atoms with Gasteiger partial charge in [0.1, 0.15) is 12.3 Å². The van der Waals surface area contributed by atoms with Crippen LogP contribution in [0, 0.1) is 0 Å². The van der Waals surface area contributed by atoms with Gasteiger partial charge in [-0.3, -0.25) is 4.79 Å². The highest BCUT2D eigenvalue weighted by Crippen LogP contribution is 2.39. The number of anilines is 1. The number of phenols is 1. The first-order valence-corrected chi connectivity index (χ1v) is 10.3. The molecular formula is C25H35NO3. The number of hydrogen-bond acceptors (Lipinski definition) is 4. The third-order valence-corrected chi connectivity index (χ3v) is 4.87. The Bertz CT molecular complexity index is 779. The lowest BCUT2D eigenvalue weighted by Crippen LogP contribution is -2.18. The van der Waals surface area contributed by atoms with Crippen LogP contribution < -0.4 is 5.32 Å². The second-order valence-electron chi connectivity index (χ2n) is 9.58. The molecule has 0 amide bonds. The molecule has 2 aromatic rings. The Balaban J connectivity index is 1.93. The van der Waals surface area contributed by atoms with Gasteiger partial charge in [-0.25, -0.2) is 0 Å². The molecule has 0 fully saturated rings. The molecular weight excluding hydrogens is 362 g/mol. The second-order valence-corrected chi connectivity index (χ2v) is 9.58. The molecule has 0 aliphatic carbocycles. The van der Waals surface area contributed by atoms with Crippen LogP contribution >= 0.6 is 0 Å². The lowest BCUT2D eigenvalue weighted by atomic mass is 9.78. The van der Waals surface area contributed by atoms with Gasteiger partial charge in [-0.05, 0) is 52.5 Å². The zero-order chi connectivity index (χ0) is 21.7. The average molecular weight is 398 g/mol. The first-order valence-electron chi connectivity index (χ1n) is 10.3. The van der Waals surface area contributed by atoms with Crippen LogP contribution in [-0.4, -0.2) is 24.2 Å². The predicted octanol–water partition coefficient (Wildman–Crippen LogP) is 5.58. The molecule has 0 saturated carbocycles. The van der Waals surface area contributed by atoms with E-state index in [1.54, 1.807) is 0 Å². The van der Waals surface area contributed by atoms with Crippen molar-refractivity contribution in [3.05, 3.63) is 59.2 Å². The topological polar surface area (TPSA) is 58.6 Å². The fourth-order valence-corrected chi connectivity index (χ4v) is 3.23. The van der Waals surface area contributed by atoms with Crippen molar-refractivity contribution in [1.82, 2.24) is 0 Å². The van der Waals surface area contributed by atoms with Gasteiger partial charge in [0.25, 0.3) is 0 Å². The molecule has 2 rings (SSSR count). The lowest BCUT2D eigenvalue weighted by molar-refractivity contribution is -0.141. The van der Waals surface area contributed by atoms with Crippen LogP contribution in [0.4, 0.5) is 5.69 Å². The van der Waals surface area contributed by atoms with Gasteiger partial charge < -0.3 is 15.2 Å². The van der Waals surface area contributed by atoms with E-state index < -0.39 is 0 Å². The highest BCUT2D eigenvalue weighted by Gasteiger charge is 2.26. The largest absolute Gasteiger partial charge is 0.507 e. The van der Waals surface area contributed by atoms with Gasteiger partial charge in [0.05, 0.1) is 6.61 Å². The number of nitrogens with one attached hydrogen (secondary N) is 1. The van der Waals surface area contributed by atoms with Gasteiger partial charge >= 0.3 is 5.97 Å². The second kappa shape index (κ2) is 9.34. The van der Waals surface area contributed by atoms with Gasteiger partial charge in [-0.2, -0.15) is 0 Å². The van der Waals surface area contributed by atoms with E-state index in [-0.39, 0.29) is 23.3 Å². The first kappa shape index (κ1) is 22.8. The SMILES string of the molecule is CC(C)(C)c1cc(CCCOC(=O)CNc2ccccc2)cc(C(C)(C)C)c1O. The Kier molecular flexibility index (Phi) is 7.34. The summed E-state index contributed by atoms with van der Waals surface area (Å²) >= 11 is 0. The van der Waals surface area contributed by atoms with E-state index in [0.29, 0.717) is 12.4 Å². The smallest absolute Gasteiger partial charge is 0.325 e. The Morgan fingerprint density at radius 1 is 0.966 bits per heavy atom. The summed E-state index contributed by atoms with van der Waals surface area (Å²) in [4.78, 5) is 11.9. The number of esters is 1. The summed E-state index contributed by atoms with van der Waals surface area (Å²) in [5.41, 5.74) is 3.70. The van der Waals surface area contributed by atoms with E-state index in [0.717, 1.165) is 35.2 Å². The Morgan fingerprint density at radius 2 is 1.52 bits per heavy atom. The minimum absolute atomic E-state index is 0.143. The van der Waals surface area contributed by atoms with Gasteiger partial charge in [-0.15, -0.1) is 0 Å². The molecule has 0 unspecified atom stereocenters. The monoisotopic (exact) mass is 397 g/mol. The number of para-hydroxylation sites is 1. The van der Waals surface area contributed by atoms with E-state index in [1.807, 2.05) is 30.3 Å². The summed E-state index contributed by atoms with van der Waals surface area (Å²) < 4.78 is 5.35. The number of phenolic OH excluding ortho intramolecular Hbond substituents is 1. The molecule has 158 valence electrons. The minimum Gasteiger partial charge on any atom is -0.507 e. The molecule has 0 aliphatic rings. The molecule has 4 heteroatoms. The molecule has 0 atom stereocenters. The summed E-state index contributed by atoms with van der Waals surface area (Å²) in [6.07, 6.45) is 1.54. The van der Waals surface area contributed by atoms with Crippen LogP contribution in [0.3, 0.4) is 0 Å². The molecule has 29 heavy (non-hydrogen) atoms. The van der Waals surface area contributed by atoms with Crippen molar-refractivity contribution in [2.75, 3.05) is 18.5 Å². The molecule has 0 bridgehead atoms. The number of ether oxygens (including phenoxy) is 1. The van der Waals surface area contributed by atoms with Gasteiger partial charge in [0, 0.05) is 5.69 Å². The van der Waals surface area contributed by atoms with E-state index in [1.165, 1.54) is 0 Å². The molecule has 4 nitrogen and oxygen atoms in total. The van der Waals surface area contributed by atoms with E-state index in [9.17, 15) is 9.90 Å². The summed E-state index contributed by atoms with van der Waals surface area (Å²) in [6.45, 7) is 13.2. The van der Waals surface area contributed by atoms with Gasteiger partial charge in [-0.1, -0.05) is 71.9 Å². The number of aromatic hydroxyl groups is 1. The van der Waals surface area contributed by atoms with Gasteiger partial charge in [0.15, 0.2) is 0 Å². The predicted molar refractivity (Wildman–Crippen MR) is 120 cm³/mol. The quantitative estimate of drug-likeness (QED) is 0.473. The summed E-state index contributed by atoms with van der Waals surface area (Å²) in [6, 6.07) is 13.8. The Hall–Kier alpha value is -2.49. The van der Waals surface area contributed by atoms with Crippen molar-refractivity contribution in [2.45, 2.75) is 65.2 Å². The maximum Gasteiger partial charge on any atom is 0.325 e. The van der Waals surface area contributed by atoms with E-state index in [2.05, 4.69) is 59.0 Å². The highest BCUT2D eigenvalue weighted by atomic mass is 16.5. The van der Waals surface area contributed by atoms with Crippen LogP contribution in [0.2, 0.25) is 0 Å². The fraction of sp³-hybridized carbons (Fsp3) is 0.480. The molecule has 0 spiro atoms. The normalized spacial score (nSPS) is 11.9. The maximum absolute atomic E-state index is 11.9. The van der Waals surface area contributed by atoms with Crippen molar-refractivity contribution in [2.24, 2.45) is 0 Å². The van der Waals surface area contributed by atoms with Crippen LogP contribution in [0.15, 0.2) is 42.5 Å². The van der Waals surface area contributed by atoms with Crippen LogP contribution in [-0.2, 0) is 26.8 Å². The standard InChI is InChI=1S/C25H35NO3/c1-24(2,3)20-15-18(16-21(23(20)28)25(4,5)6)11-10-14-29-22(27)17-26-19-12-8-7-9-13-19/h7-9,12-13,15-16,26,28H,10-11,14,17H2,1-6H3. The molecule has 0 aliphatic heterocycles. The van der Waals surface area contributed by atoms with Crippen molar-refractivity contribution < 1.29 is 14.6 Å². The molecule has 0 saturated heterocycles. The third kappa shape index (κ3) is 6.81. The van der Waals surface area contributed by atoms with Crippen molar-refractivity contribution in [1.29, 1.82) is 0 Å². The molecule has 2 aromatic carbocycles. The number of benzene rings is 2. The third-order valence-electron chi connectivity index (χ3n) is 4.87. The van der Waals surface area contributed by atoms with Crippen molar-refractivity contribution in [3.8, 4) is 5.75 Å². The number of rotatable bonds is 7. The number of carbonyl (C=O) groups is 1. The Morgan fingerprint density at radius 3 is 2.03 bits per heavy atom. The highest BCUT2D eigenvalue weighted by molar-refractivity contribution is 5.74. The van der Waals surface area contributed by atoms with Crippen LogP contribution in [0.25, 0.3) is 0 Å². The van der Waals surface area contributed by atoms with Crippen molar-refractivity contribution >= 4 is 11.7 Å². The van der Waals surface area contributed by atoms with E-state index >= 15 is 0 Å². The van der Waals surface area contributed by atoms with E-state index in [4.69, 9.17) is 4.74 Å². The average Bonchev–Trinajstić information content (AvgIpc) is 2.63. The number of aryl methyl sites for hydroxylation is 1. The number of hydrogen-bond donors (Lipinski definition) is 2. The van der Waals surface area contributed by atoms with Gasteiger partial charge in [0.2, 0.25) is 0 Å². The first-order chi connectivity index (χ1) is 13.5. The summed E-state index contributed by atoms with van der Waals surface area (Å²) in [7, 11) is 0. The van der Waals surface area contributed by atoms with Crippen LogP contribution in [0.5, 0.6) is 5.75 Å². The van der Waals surface area contributed by atoms with Crippen LogP contribution in [0.1, 0.15) is 64.7 Å². The minimum atomic E-state index is -0.259. The summed E-state index contributed by atoms with van der Waals surface area (Å²) in [5.74, 6) is 0.137. The summed E-state index contributed by atoms with van der Waals surface area (Å²) in [5, 5.41) is 13.9. The zero-order valence-corrected chi connectivity index (χ0v) is 18.6. The molecule has 2 N–H and O–H groups in total. The molecule has 0 heterocycles. The molecule has 0 aromatic heterocycles.